The van der Waals surface area contributed by atoms with Crippen molar-refractivity contribution in [3.63, 3.8) is 0 Å². The third kappa shape index (κ3) is 2.09. The highest BCUT2D eigenvalue weighted by Gasteiger charge is 2.17. The Morgan fingerprint density at radius 2 is 2.00 bits per heavy atom. The van der Waals surface area contributed by atoms with E-state index >= 15 is 0 Å². The van der Waals surface area contributed by atoms with E-state index in [1.807, 2.05) is 0 Å². The van der Waals surface area contributed by atoms with Gasteiger partial charge in [0, 0.05) is 4.90 Å². The zero-order valence-corrected chi connectivity index (χ0v) is 10.00. The van der Waals surface area contributed by atoms with E-state index in [9.17, 15) is 0 Å². The van der Waals surface area contributed by atoms with Crippen LogP contribution >= 0.6 is 23.4 Å². The van der Waals surface area contributed by atoms with Gasteiger partial charge in [-0.05, 0) is 42.7 Å². The highest BCUT2D eigenvalue weighted by Crippen LogP contribution is 2.36. The lowest BCUT2D eigenvalue weighted by Crippen LogP contribution is -1.91. The molecule has 1 saturated carbocycles. The summed E-state index contributed by atoms with van der Waals surface area (Å²) < 4.78 is 0. The van der Waals surface area contributed by atoms with Crippen molar-refractivity contribution in [1.82, 2.24) is 0 Å². The number of benzene rings is 1. The summed E-state index contributed by atoms with van der Waals surface area (Å²) >= 11 is 7.90. The van der Waals surface area contributed by atoms with Crippen molar-refractivity contribution in [2.75, 3.05) is 6.26 Å². The van der Waals surface area contributed by atoms with Crippen LogP contribution in [0.1, 0.15) is 37.2 Å². The molecule has 1 aromatic rings. The number of thioether (sulfide) groups is 1. The van der Waals surface area contributed by atoms with E-state index in [0.717, 1.165) is 10.9 Å². The van der Waals surface area contributed by atoms with Crippen LogP contribution in [0.4, 0.5) is 0 Å². The summed E-state index contributed by atoms with van der Waals surface area (Å²) in [5, 5.41) is 0.918. The Kier molecular flexibility index (Phi) is 3.40. The Labute approximate surface area is 95.0 Å². The van der Waals surface area contributed by atoms with Crippen molar-refractivity contribution in [2.24, 2.45) is 0 Å². The summed E-state index contributed by atoms with van der Waals surface area (Å²) in [5.41, 5.74) is 1.44. The third-order valence-electron chi connectivity index (χ3n) is 3.00. The van der Waals surface area contributed by atoms with E-state index in [1.165, 1.54) is 36.1 Å². The van der Waals surface area contributed by atoms with Crippen LogP contribution in [0.25, 0.3) is 0 Å². The van der Waals surface area contributed by atoms with Gasteiger partial charge in [0.05, 0.1) is 5.02 Å². The zero-order chi connectivity index (χ0) is 9.97. The number of hydrogen-bond acceptors (Lipinski definition) is 1. The van der Waals surface area contributed by atoms with Gasteiger partial charge in [-0.3, -0.25) is 0 Å². The first-order valence-corrected chi connectivity index (χ1v) is 6.75. The van der Waals surface area contributed by atoms with Gasteiger partial charge in [0.25, 0.3) is 0 Å². The normalized spacial score (nSPS) is 17.6. The van der Waals surface area contributed by atoms with Crippen molar-refractivity contribution < 1.29 is 0 Å². The minimum absolute atomic E-state index is 0.767. The van der Waals surface area contributed by atoms with Gasteiger partial charge < -0.3 is 0 Å². The summed E-state index contributed by atoms with van der Waals surface area (Å²) in [4.78, 5) is 1.19. The second kappa shape index (κ2) is 4.59. The SMILES string of the molecule is CSc1ccc(C2CCCC2)cc1Cl. The molecular formula is C12H15ClS. The van der Waals surface area contributed by atoms with Crippen LogP contribution in [-0.2, 0) is 0 Å². The lowest BCUT2D eigenvalue weighted by atomic mass is 9.98. The number of rotatable bonds is 2. The molecule has 1 aliphatic carbocycles. The molecule has 2 rings (SSSR count). The number of halogens is 1. The maximum Gasteiger partial charge on any atom is 0.0544 e. The van der Waals surface area contributed by atoms with Crippen LogP contribution in [0, 0.1) is 0 Å². The Morgan fingerprint density at radius 1 is 1.29 bits per heavy atom. The predicted octanol–water partition coefficient (Wildman–Crippen LogP) is 4.72. The van der Waals surface area contributed by atoms with Gasteiger partial charge >= 0.3 is 0 Å². The molecule has 0 nitrogen and oxygen atoms in total. The van der Waals surface area contributed by atoms with E-state index in [4.69, 9.17) is 11.6 Å². The van der Waals surface area contributed by atoms with Gasteiger partial charge in [-0.15, -0.1) is 11.8 Å². The molecule has 0 atom stereocenters. The molecule has 0 amide bonds. The van der Waals surface area contributed by atoms with Crippen LogP contribution in [0.15, 0.2) is 23.1 Å². The molecule has 0 unspecified atom stereocenters. The first-order chi connectivity index (χ1) is 6.81. The molecule has 0 bridgehead atoms. The van der Waals surface area contributed by atoms with Crippen LogP contribution < -0.4 is 0 Å². The minimum Gasteiger partial charge on any atom is -0.128 e. The van der Waals surface area contributed by atoms with Crippen molar-refractivity contribution in [3.05, 3.63) is 28.8 Å². The predicted molar refractivity (Wildman–Crippen MR) is 64.4 cm³/mol. The first-order valence-electron chi connectivity index (χ1n) is 5.14. The fraction of sp³-hybridized carbons (Fsp3) is 0.500. The molecular weight excluding hydrogens is 212 g/mol. The molecule has 0 heterocycles. The van der Waals surface area contributed by atoms with Gasteiger partial charge in [-0.1, -0.05) is 30.5 Å². The van der Waals surface area contributed by atoms with Crippen molar-refractivity contribution >= 4 is 23.4 Å². The summed E-state index contributed by atoms with van der Waals surface area (Å²) in [7, 11) is 0. The highest BCUT2D eigenvalue weighted by molar-refractivity contribution is 7.98. The molecule has 76 valence electrons. The second-order valence-electron chi connectivity index (χ2n) is 3.88. The highest BCUT2D eigenvalue weighted by atomic mass is 35.5. The smallest absolute Gasteiger partial charge is 0.0544 e. The fourth-order valence-electron chi connectivity index (χ4n) is 2.20. The van der Waals surface area contributed by atoms with Gasteiger partial charge in [-0.2, -0.15) is 0 Å². The lowest BCUT2D eigenvalue weighted by molar-refractivity contribution is 0.722. The maximum atomic E-state index is 6.19. The Hall–Kier alpha value is -0.140. The largest absolute Gasteiger partial charge is 0.128 e. The van der Waals surface area contributed by atoms with Crippen LogP contribution in [0.5, 0.6) is 0 Å². The summed E-state index contributed by atoms with van der Waals surface area (Å²) in [6.45, 7) is 0. The average molecular weight is 227 g/mol. The summed E-state index contributed by atoms with van der Waals surface area (Å²) in [5.74, 6) is 0.767. The van der Waals surface area contributed by atoms with Gasteiger partial charge in [-0.25, -0.2) is 0 Å². The Bertz CT molecular complexity index is 316. The van der Waals surface area contributed by atoms with Gasteiger partial charge in [0.2, 0.25) is 0 Å². The van der Waals surface area contributed by atoms with Crippen molar-refractivity contribution in [2.45, 2.75) is 36.5 Å². The van der Waals surface area contributed by atoms with Crippen LogP contribution in [0.2, 0.25) is 5.02 Å². The maximum absolute atomic E-state index is 6.19. The van der Waals surface area contributed by atoms with Crippen LogP contribution in [0.3, 0.4) is 0 Å². The van der Waals surface area contributed by atoms with Crippen LogP contribution in [-0.4, -0.2) is 6.26 Å². The first kappa shape index (κ1) is 10.4. The molecule has 2 heteroatoms. The molecule has 0 saturated heterocycles. The molecule has 0 radical (unpaired) electrons. The monoisotopic (exact) mass is 226 g/mol. The minimum atomic E-state index is 0.767. The summed E-state index contributed by atoms with van der Waals surface area (Å²) in [6, 6.07) is 6.55. The van der Waals surface area contributed by atoms with Crippen molar-refractivity contribution in [3.8, 4) is 0 Å². The van der Waals surface area contributed by atoms with E-state index in [0.29, 0.717) is 0 Å². The number of hydrogen-bond donors (Lipinski definition) is 0. The van der Waals surface area contributed by atoms with Crippen molar-refractivity contribution in [1.29, 1.82) is 0 Å². The molecule has 0 N–H and O–H groups in total. The van der Waals surface area contributed by atoms with Gasteiger partial charge in [0.1, 0.15) is 0 Å². The standard InChI is InChI=1S/C12H15ClS/c1-14-12-7-6-10(8-11(12)13)9-4-2-3-5-9/h6-9H,2-5H2,1H3. The fourth-order valence-corrected chi connectivity index (χ4v) is 3.07. The molecule has 1 fully saturated rings. The third-order valence-corrected chi connectivity index (χ3v) is 4.22. The lowest BCUT2D eigenvalue weighted by Gasteiger charge is -2.11. The molecule has 14 heavy (non-hydrogen) atoms. The Morgan fingerprint density at radius 3 is 2.57 bits per heavy atom. The topological polar surface area (TPSA) is 0 Å². The second-order valence-corrected chi connectivity index (χ2v) is 5.13. The van der Waals surface area contributed by atoms with Gasteiger partial charge in [0.15, 0.2) is 0 Å². The molecule has 0 aliphatic heterocycles. The average Bonchev–Trinajstić information content (AvgIpc) is 2.70. The zero-order valence-electron chi connectivity index (χ0n) is 8.42. The molecule has 0 aromatic heterocycles. The van der Waals surface area contributed by atoms with E-state index < -0.39 is 0 Å². The van der Waals surface area contributed by atoms with E-state index in [-0.39, 0.29) is 0 Å². The molecule has 0 spiro atoms. The molecule has 1 aliphatic rings. The Balaban J connectivity index is 2.23. The quantitative estimate of drug-likeness (QED) is 0.658. The van der Waals surface area contributed by atoms with E-state index in [2.05, 4.69) is 24.5 Å². The summed E-state index contributed by atoms with van der Waals surface area (Å²) in [6.07, 6.45) is 7.51. The van der Waals surface area contributed by atoms with E-state index in [1.54, 1.807) is 11.8 Å². The molecule has 1 aromatic carbocycles.